The van der Waals surface area contributed by atoms with E-state index in [1.54, 1.807) is 6.08 Å². The maximum Gasteiger partial charge on any atom is 0.413 e. The van der Waals surface area contributed by atoms with Crippen molar-refractivity contribution >= 4 is 34.7 Å². The van der Waals surface area contributed by atoms with Crippen LogP contribution in [0, 0.1) is 0 Å². The van der Waals surface area contributed by atoms with E-state index in [2.05, 4.69) is 29.2 Å². The third-order valence-electron chi connectivity index (χ3n) is 3.85. The van der Waals surface area contributed by atoms with E-state index in [9.17, 15) is 9.59 Å². The number of hydrogen-bond donors (Lipinski definition) is 0. The van der Waals surface area contributed by atoms with Crippen molar-refractivity contribution in [1.29, 1.82) is 0 Å². The van der Waals surface area contributed by atoms with Crippen LogP contribution in [0.3, 0.4) is 0 Å². The fourth-order valence-electron chi connectivity index (χ4n) is 2.65. The summed E-state index contributed by atoms with van der Waals surface area (Å²) in [4.78, 5) is 26.1. The van der Waals surface area contributed by atoms with Crippen LogP contribution in [0.25, 0.3) is 0 Å². The summed E-state index contributed by atoms with van der Waals surface area (Å²) >= 11 is 2.25. The second-order valence-corrected chi connectivity index (χ2v) is 6.42. The number of carbonyl (C=O) groups is 2. The molecule has 124 valence electrons. The molecule has 1 aromatic rings. The van der Waals surface area contributed by atoms with Crippen LogP contribution in [0.15, 0.2) is 43.0 Å². The SMILES string of the molecule is C=CCC1(CCCI)C(=O)OCN1C(=O)OCc1ccccc1. The Morgan fingerprint density at radius 1 is 1.43 bits per heavy atom. The Morgan fingerprint density at radius 2 is 2.17 bits per heavy atom. The molecule has 1 aliphatic rings. The molecule has 2 rings (SSSR count). The fourth-order valence-corrected chi connectivity index (χ4v) is 3.03. The number of amides is 1. The molecule has 1 saturated heterocycles. The van der Waals surface area contributed by atoms with Crippen LogP contribution in [-0.2, 0) is 20.9 Å². The first-order valence-electron chi connectivity index (χ1n) is 7.46. The topological polar surface area (TPSA) is 55.8 Å². The van der Waals surface area contributed by atoms with Gasteiger partial charge in [-0.25, -0.2) is 9.59 Å². The first-order valence-corrected chi connectivity index (χ1v) is 8.99. The maximum atomic E-state index is 12.5. The van der Waals surface area contributed by atoms with Crippen molar-refractivity contribution < 1.29 is 19.1 Å². The van der Waals surface area contributed by atoms with E-state index in [-0.39, 0.29) is 19.3 Å². The van der Waals surface area contributed by atoms with E-state index < -0.39 is 11.6 Å². The largest absolute Gasteiger partial charge is 0.444 e. The monoisotopic (exact) mass is 429 g/mol. The van der Waals surface area contributed by atoms with E-state index in [0.717, 1.165) is 16.4 Å². The number of hydrogen-bond acceptors (Lipinski definition) is 4. The predicted octanol–water partition coefficient (Wildman–Crippen LogP) is 3.67. The lowest BCUT2D eigenvalue weighted by Crippen LogP contribution is -2.51. The van der Waals surface area contributed by atoms with Gasteiger partial charge >= 0.3 is 12.1 Å². The second-order valence-electron chi connectivity index (χ2n) is 5.35. The highest BCUT2D eigenvalue weighted by Gasteiger charge is 2.52. The highest BCUT2D eigenvalue weighted by Crippen LogP contribution is 2.34. The molecule has 1 unspecified atom stereocenters. The Hall–Kier alpha value is -1.57. The highest BCUT2D eigenvalue weighted by molar-refractivity contribution is 14.1. The molecule has 0 aromatic heterocycles. The van der Waals surface area contributed by atoms with Gasteiger partial charge in [0.25, 0.3) is 0 Å². The van der Waals surface area contributed by atoms with Crippen LogP contribution >= 0.6 is 22.6 Å². The molecule has 0 saturated carbocycles. The van der Waals surface area contributed by atoms with Gasteiger partial charge in [-0.05, 0) is 29.3 Å². The third-order valence-corrected chi connectivity index (χ3v) is 4.62. The molecule has 0 spiro atoms. The van der Waals surface area contributed by atoms with Gasteiger partial charge in [0.15, 0.2) is 12.3 Å². The standard InChI is InChI=1S/C17H20INO4/c1-2-9-17(10-6-11-18)15(20)23-13-19(17)16(21)22-12-14-7-4-3-5-8-14/h2-5,7-8H,1,6,9-13H2. The minimum Gasteiger partial charge on any atom is -0.444 e. The van der Waals surface area contributed by atoms with E-state index in [1.807, 2.05) is 30.3 Å². The Morgan fingerprint density at radius 3 is 2.83 bits per heavy atom. The van der Waals surface area contributed by atoms with E-state index >= 15 is 0 Å². The minimum absolute atomic E-state index is 0.0679. The summed E-state index contributed by atoms with van der Waals surface area (Å²) in [7, 11) is 0. The molecule has 1 amide bonds. The summed E-state index contributed by atoms with van der Waals surface area (Å²) in [6, 6.07) is 9.43. The zero-order valence-corrected chi connectivity index (χ0v) is 15.0. The van der Waals surface area contributed by atoms with Gasteiger partial charge in [0.1, 0.15) is 6.61 Å². The van der Waals surface area contributed by atoms with E-state index in [0.29, 0.717) is 12.8 Å². The quantitative estimate of drug-likeness (QED) is 0.287. The van der Waals surface area contributed by atoms with Gasteiger partial charge in [-0.2, -0.15) is 0 Å². The van der Waals surface area contributed by atoms with E-state index in [4.69, 9.17) is 9.47 Å². The van der Waals surface area contributed by atoms with Crippen LogP contribution in [0.2, 0.25) is 0 Å². The van der Waals surface area contributed by atoms with Crippen LogP contribution in [0.1, 0.15) is 24.8 Å². The van der Waals surface area contributed by atoms with Gasteiger partial charge < -0.3 is 9.47 Å². The number of esters is 1. The lowest BCUT2D eigenvalue weighted by atomic mass is 9.89. The molecule has 1 heterocycles. The predicted molar refractivity (Wildman–Crippen MR) is 95.1 cm³/mol. The summed E-state index contributed by atoms with van der Waals surface area (Å²) in [5.41, 5.74) is -0.0883. The Bertz CT molecular complexity index is 563. The molecule has 1 aliphatic heterocycles. The highest BCUT2D eigenvalue weighted by atomic mass is 127. The first kappa shape index (κ1) is 17.8. The van der Waals surface area contributed by atoms with Gasteiger partial charge in [-0.3, -0.25) is 4.90 Å². The van der Waals surface area contributed by atoms with Gasteiger partial charge in [0.2, 0.25) is 0 Å². The number of ether oxygens (including phenoxy) is 2. The number of benzene rings is 1. The first-order chi connectivity index (χ1) is 11.1. The molecule has 0 radical (unpaired) electrons. The molecule has 23 heavy (non-hydrogen) atoms. The van der Waals surface area contributed by atoms with Crippen LogP contribution in [0.4, 0.5) is 4.79 Å². The summed E-state index contributed by atoms with van der Waals surface area (Å²) in [6.45, 7) is 3.81. The minimum atomic E-state index is -0.985. The molecule has 0 bridgehead atoms. The number of nitrogens with zero attached hydrogens (tertiary/aromatic N) is 1. The number of alkyl halides is 1. The molecular formula is C17H20INO4. The molecule has 1 fully saturated rings. The zero-order chi connectivity index (χ0) is 16.7. The summed E-state index contributed by atoms with van der Waals surface area (Å²) < 4.78 is 11.4. The fraction of sp³-hybridized carbons (Fsp3) is 0.412. The van der Waals surface area contributed by atoms with Crippen LogP contribution in [0.5, 0.6) is 0 Å². The van der Waals surface area contributed by atoms with E-state index in [1.165, 1.54) is 4.90 Å². The van der Waals surface area contributed by atoms with Crippen molar-refractivity contribution in [3.63, 3.8) is 0 Å². The van der Waals surface area contributed by atoms with Gasteiger partial charge in [-0.1, -0.05) is 59.0 Å². The zero-order valence-electron chi connectivity index (χ0n) is 12.9. The van der Waals surface area contributed by atoms with Crippen molar-refractivity contribution in [2.45, 2.75) is 31.4 Å². The molecule has 0 aliphatic carbocycles. The Labute approximate surface area is 149 Å². The maximum absolute atomic E-state index is 12.5. The lowest BCUT2D eigenvalue weighted by molar-refractivity contribution is -0.143. The Kier molecular flexibility index (Phi) is 6.44. The third kappa shape index (κ3) is 4.04. The molecule has 1 atom stereocenters. The van der Waals surface area contributed by atoms with Crippen molar-refractivity contribution in [1.82, 2.24) is 4.90 Å². The van der Waals surface area contributed by atoms with Crippen LogP contribution in [-0.4, -0.2) is 33.7 Å². The second kappa shape index (κ2) is 8.33. The van der Waals surface area contributed by atoms with Gasteiger partial charge in [0, 0.05) is 0 Å². The normalized spacial score (nSPS) is 20.2. The number of carbonyl (C=O) groups excluding carboxylic acids is 2. The smallest absolute Gasteiger partial charge is 0.413 e. The number of halogens is 1. The van der Waals surface area contributed by atoms with Crippen molar-refractivity contribution in [2.24, 2.45) is 0 Å². The Balaban J connectivity index is 2.09. The van der Waals surface area contributed by atoms with Gasteiger partial charge in [0.05, 0.1) is 0 Å². The molecule has 5 nitrogen and oxygen atoms in total. The average molecular weight is 429 g/mol. The molecule has 1 aromatic carbocycles. The van der Waals surface area contributed by atoms with Crippen molar-refractivity contribution in [3.05, 3.63) is 48.6 Å². The van der Waals surface area contributed by atoms with Gasteiger partial charge in [-0.15, -0.1) is 6.58 Å². The lowest BCUT2D eigenvalue weighted by Gasteiger charge is -2.32. The van der Waals surface area contributed by atoms with Crippen molar-refractivity contribution in [2.75, 3.05) is 11.2 Å². The summed E-state index contributed by atoms with van der Waals surface area (Å²) in [6.07, 6.45) is 2.84. The number of cyclic esters (lactones) is 1. The van der Waals surface area contributed by atoms with Crippen molar-refractivity contribution in [3.8, 4) is 0 Å². The summed E-state index contributed by atoms with van der Waals surface area (Å²) in [5, 5.41) is 0. The molecule has 6 heteroatoms. The van der Waals surface area contributed by atoms with Crippen LogP contribution < -0.4 is 0 Å². The summed E-state index contributed by atoms with van der Waals surface area (Å²) in [5.74, 6) is -0.376. The molecule has 0 N–H and O–H groups in total. The average Bonchev–Trinajstić information content (AvgIpc) is 2.89. The molecular weight excluding hydrogens is 409 g/mol. The number of rotatable bonds is 7.